The molecule has 1 aliphatic rings. The molecule has 0 bridgehead atoms. The molecular weight excluding hydrogens is 270 g/mol. The average Bonchev–Trinajstić information content (AvgIpc) is 3.05. The second-order valence-corrected chi connectivity index (χ2v) is 5.68. The van der Waals surface area contributed by atoms with Gasteiger partial charge in [0.15, 0.2) is 12.0 Å². The van der Waals surface area contributed by atoms with Crippen LogP contribution in [0, 0.1) is 0 Å². The highest BCUT2D eigenvalue weighted by Crippen LogP contribution is 2.39. The highest BCUT2D eigenvalue weighted by molar-refractivity contribution is 5.96. The Labute approximate surface area is 127 Å². The number of aromatic nitrogens is 1. The predicted octanol–water partition coefficient (Wildman–Crippen LogP) is 5.14. The maximum absolute atomic E-state index is 5.46. The van der Waals surface area contributed by atoms with Crippen LogP contribution in [0.4, 0.5) is 0 Å². The van der Waals surface area contributed by atoms with E-state index in [1.807, 2.05) is 12.1 Å². The van der Waals surface area contributed by atoms with Gasteiger partial charge in [0.25, 0.3) is 0 Å². The van der Waals surface area contributed by atoms with Gasteiger partial charge in [-0.25, -0.2) is 4.98 Å². The Kier molecular flexibility index (Phi) is 2.30. The minimum Gasteiger partial charge on any atom is -0.443 e. The minimum absolute atomic E-state index is 0.215. The van der Waals surface area contributed by atoms with Crippen molar-refractivity contribution in [2.45, 2.75) is 5.92 Å². The summed E-state index contributed by atoms with van der Waals surface area (Å²) in [6, 6.07) is 19.1. The fraction of sp³-hybridized carbons (Fsp3) is 0.0500. The van der Waals surface area contributed by atoms with Crippen LogP contribution in [0.25, 0.3) is 27.9 Å². The molecule has 0 saturated carbocycles. The van der Waals surface area contributed by atoms with Gasteiger partial charge in [-0.15, -0.1) is 0 Å². The first-order valence-electron chi connectivity index (χ1n) is 7.44. The largest absolute Gasteiger partial charge is 0.443 e. The van der Waals surface area contributed by atoms with E-state index >= 15 is 0 Å². The number of hydrogen-bond donors (Lipinski definition) is 0. The molecule has 0 saturated heterocycles. The van der Waals surface area contributed by atoms with E-state index in [2.05, 4.69) is 59.6 Å². The Bertz CT molecular complexity index is 1040. The van der Waals surface area contributed by atoms with Gasteiger partial charge < -0.3 is 4.42 Å². The molecule has 1 aromatic heterocycles. The lowest BCUT2D eigenvalue weighted by molar-refractivity contribution is 0.602. The maximum Gasteiger partial charge on any atom is 0.181 e. The van der Waals surface area contributed by atoms with E-state index in [0.717, 1.165) is 11.1 Å². The molecule has 1 heterocycles. The lowest BCUT2D eigenvalue weighted by Crippen LogP contribution is -2.04. The lowest BCUT2D eigenvalue weighted by Gasteiger charge is -2.21. The number of nitrogens with zero attached hydrogens (tertiary/aromatic N) is 1. The van der Waals surface area contributed by atoms with Crippen molar-refractivity contribution in [2.24, 2.45) is 0 Å². The van der Waals surface area contributed by atoms with Crippen molar-refractivity contribution in [3.63, 3.8) is 0 Å². The summed E-state index contributed by atoms with van der Waals surface area (Å²) in [7, 11) is 0. The van der Waals surface area contributed by atoms with Crippen LogP contribution < -0.4 is 0 Å². The number of benzene rings is 3. The van der Waals surface area contributed by atoms with Crippen molar-refractivity contribution in [1.82, 2.24) is 4.98 Å². The van der Waals surface area contributed by atoms with Crippen LogP contribution in [0.3, 0.4) is 0 Å². The zero-order valence-electron chi connectivity index (χ0n) is 11.9. The summed E-state index contributed by atoms with van der Waals surface area (Å²) in [6.45, 7) is 0. The zero-order chi connectivity index (χ0) is 14.5. The molecule has 0 aliphatic heterocycles. The predicted molar refractivity (Wildman–Crippen MR) is 88.8 cm³/mol. The Morgan fingerprint density at radius 1 is 0.864 bits per heavy atom. The summed E-state index contributed by atoms with van der Waals surface area (Å²) in [5, 5.41) is 2.63. The summed E-state index contributed by atoms with van der Waals surface area (Å²) in [5.41, 5.74) is 5.62. The number of oxazole rings is 1. The quantitative estimate of drug-likeness (QED) is 0.483. The van der Waals surface area contributed by atoms with E-state index in [1.165, 1.54) is 33.9 Å². The highest BCUT2D eigenvalue weighted by atomic mass is 16.3. The number of rotatable bonds is 1. The first-order chi connectivity index (χ1) is 10.9. The molecule has 1 atom stereocenters. The molecule has 0 N–H and O–H groups in total. The van der Waals surface area contributed by atoms with Crippen molar-refractivity contribution in [3.8, 4) is 0 Å². The second-order valence-electron chi connectivity index (χ2n) is 5.68. The van der Waals surface area contributed by atoms with E-state index in [1.54, 1.807) is 0 Å². The van der Waals surface area contributed by atoms with E-state index in [4.69, 9.17) is 4.42 Å². The van der Waals surface area contributed by atoms with Gasteiger partial charge in [-0.3, -0.25) is 0 Å². The standard InChI is InChI=1S/C20H13NO/c1-4-13-6-2-7-16-15(11-10-14(5-1)19(13)16)17-8-3-9-18-20(17)21-12-22-18/h1-12,15H. The molecule has 1 unspecified atom stereocenters. The molecule has 104 valence electrons. The van der Waals surface area contributed by atoms with Crippen molar-refractivity contribution in [3.05, 3.63) is 83.8 Å². The number of hydrogen-bond acceptors (Lipinski definition) is 2. The van der Waals surface area contributed by atoms with Crippen LogP contribution in [-0.4, -0.2) is 4.98 Å². The van der Waals surface area contributed by atoms with Crippen molar-refractivity contribution >= 4 is 27.9 Å². The van der Waals surface area contributed by atoms with Gasteiger partial charge in [0.05, 0.1) is 0 Å². The monoisotopic (exact) mass is 283 g/mol. The Balaban J connectivity index is 1.83. The molecule has 1 aliphatic carbocycles. The molecule has 0 fully saturated rings. The maximum atomic E-state index is 5.46. The number of allylic oxidation sites excluding steroid dienone is 1. The van der Waals surface area contributed by atoms with Crippen LogP contribution in [0.2, 0.25) is 0 Å². The summed E-state index contributed by atoms with van der Waals surface area (Å²) in [5.74, 6) is 0.215. The highest BCUT2D eigenvalue weighted by Gasteiger charge is 2.21. The molecule has 22 heavy (non-hydrogen) atoms. The van der Waals surface area contributed by atoms with E-state index < -0.39 is 0 Å². The summed E-state index contributed by atoms with van der Waals surface area (Å²) in [4.78, 5) is 4.41. The van der Waals surface area contributed by atoms with Gasteiger partial charge >= 0.3 is 0 Å². The van der Waals surface area contributed by atoms with Crippen LogP contribution in [0.15, 0.2) is 71.5 Å². The Hall–Kier alpha value is -2.87. The van der Waals surface area contributed by atoms with Crippen molar-refractivity contribution < 1.29 is 4.42 Å². The van der Waals surface area contributed by atoms with Gasteiger partial charge in [0.2, 0.25) is 0 Å². The number of para-hydroxylation sites is 1. The van der Waals surface area contributed by atoms with Gasteiger partial charge in [-0.05, 0) is 33.5 Å². The third kappa shape index (κ3) is 1.52. The van der Waals surface area contributed by atoms with E-state index in [-0.39, 0.29) is 5.92 Å². The molecule has 0 spiro atoms. The van der Waals surface area contributed by atoms with Crippen molar-refractivity contribution in [2.75, 3.05) is 0 Å². The molecule has 0 radical (unpaired) electrons. The van der Waals surface area contributed by atoms with Crippen LogP contribution in [0.1, 0.15) is 22.6 Å². The lowest BCUT2D eigenvalue weighted by atomic mass is 9.82. The average molecular weight is 283 g/mol. The van der Waals surface area contributed by atoms with Crippen LogP contribution in [-0.2, 0) is 0 Å². The molecular formula is C20H13NO. The first kappa shape index (κ1) is 11.8. The summed E-state index contributed by atoms with van der Waals surface area (Å²) >= 11 is 0. The first-order valence-corrected chi connectivity index (χ1v) is 7.44. The normalized spacial score (nSPS) is 16.5. The van der Waals surface area contributed by atoms with Crippen LogP contribution in [0.5, 0.6) is 0 Å². The molecule has 2 heteroatoms. The topological polar surface area (TPSA) is 26.0 Å². The molecule has 2 nitrogen and oxygen atoms in total. The van der Waals surface area contributed by atoms with Gasteiger partial charge in [-0.1, -0.05) is 60.7 Å². The Morgan fingerprint density at radius 3 is 2.64 bits per heavy atom. The summed E-state index contributed by atoms with van der Waals surface area (Å²) < 4.78 is 5.46. The van der Waals surface area contributed by atoms with Crippen LogP contribution >= 0.6 is 0 Å². The molecule has 4 aromatic rings. The molecule has 0 amide bonds. The smallest absolute Gasteiger partial charge is 0.181 e. The third-order valence-corrected chi connectivity index (χ3v) is 4.50. The fourth-order valence-electron chi connectivity index (χ4n) is 3.53. The van der Waals surface area contributed by atoms with Crippen molar-refractivity contribution in [1.29, 1.82) is 0 Å². The molecule has 3 aromatic carbocycles. The summed E-state index contributed by atoms with van der Waals surface area (Å²) in [6.07, 6.45) is 6.01. The van der Waals surface area contributed by atoms with Gasteiger partial charge in [0, 0.05) is 5.92 Å². The number of fused-ring (bicyclic) bond motifs is 1. The van der Waals surface area contributed by atoms with E-state index in [0.29, 0.717) is 0 Å². The van der Waals surface area contributed by atoms with Gasteiger partial charge in [0.1, 0.15) is 5.52 Å². The Morgan fingerprint density at radius 2 is 1.68 bits per heavy atom. The second kappa shape index (κ2) is 4.31. The third-order valence-electron chi connectivity index (χ3n) is 4.50. The van der Waals surface area contributed by atoms with E-state index in [9.17, 15) is 0 Å². The van der Waals surface area contributed by atoms with Gasteiger partial charge in [-0.2, -0.15) is 0 Å². The zero-order valence-corrected chi connectivity index (χ0v) is 11.9. The fourth-order valence-corrected chi connectivity index (χ4v) is 3.53. The molecule has 5 rings (SSSR count). The SMILES string of the molecule is C1=CC(c2cccc3ocnc23)c2cccc3cccc1c23. The minimum atomic E-state index is 0.215.